The van der Waals surface area contributed by atoms with Gasteiger partial charge in [-0.25, -0.2) is 0 Å². The topological polar surface area (TPSA) is 36.1 Å². The van der Waals surface area contributed by atoms with Gasteiger partial charge in [0.15, 0.2) is 5.58 Å². The minimum absolute atomic E-state index is 0.0842. The van der Waals surface area contributed by atoms with Crippen molar-refractivity contribution in [1.29, 1.82) is 0 Å². The third kappa shape index (κ3) is 2.83. The molecule has 0 fully saturated rings. The largest absolute Gasteiger partial charge is 0.455 e. The third-order valence-electron chi connectivity index (χ3n) is 10.6. The van der Waals surface area contributed by atoms with E-state index in [-0.39, 0.29) is 6.85 Å². The molecule has 0 spiro atoms. The van der Waals surface area contributed by atoms with Gasteiger partial charge in [-0.15, -0.1) is 0 Å². The highest BCUT2D eigenvalue weighted by molar-refractivity contribution is 6.88. The fourth-order valence-corrected chi connectivity index (χ4v) is 8.73. The van der Waals surface area contributed by atoms with Crippen LogP contribution in [0.5, 0.6) is 0 Å². The highest BCUT2D eigenvalue weighted by atomic mass is 16.3. The first-order chi connectivity index (χ1) is 23.3. The van der Waals surface area contributed by atoms with Gasteiger partial charge in [-0.3, -0.25) is 0 Å². The van der Waals surface area contributed by atoms with Gasteiger partial charge >= 0.3 is 6.85 Å². The normalized spacial score (nSPS) is 13.1. The lowest BCUT2D eigenvalue weighted by atomic mass is 9.48. The van der Waals surface area contributed by atoms with Crippen molar-refractivity contribution in [2.75, 3.05) is 0 Å². The molecule has 0 saturated carbocycles. The second kappa shape index (κ2) is 8.33. The van der Waals surface area contributed by atoms with Crippen molar-refractivity contribution in [3.8, 4) is 5.69 Å². The Kier molecular flexibility index (Phi) is 4.27. The predicted molar refractivity (Wildman–Crippen MR) is 195 cm³/mol. The number of benzene rings is 7. The molecule has 1 aliphatic rings. The van der Waals surface area contributed by atoms with Crippen molar-refractivity contribution in [3.63, 3.8) is 0 Å². The Morgan fingerprint density at radius 1 is 0.404 bits per heavy atom. The van der Waals surface area contributed by atoms with Crippen molar-refractivity contribution in [2.45, 2.75) is 0 Å². The first kappa shape index (κ1) is 24.1. The van der Waals surface area contributed by atoms with Crippen LogP contribution in [-0.2, 0) is 0 Å². The first-order valence-corrected chi connectivity index (χ1v) is 16.1. The zero-order valence-electron chi connectivity index (χ0n) is 25.1. The van der Waals surface area contributed by atoms with E-state index in [9.17, 15) is 0 Å². The molecule has 0 saturated heterocycles. The fraction of sp³-hybridized carbons (Fsp3) is 0. The van der Waals surface area contributed by atoms with Gasteiger partial charge in [-0.2, -0.15) is 0 Å². The molecular weight excluding hydrogens is 575 g/mol. The van der Waals surface area contributed by atoms with Gasteiger partial charge in [0.1, 0.15) is 16.7 Å². The van der Waals surface area contributed by atoms with E-state index in [2.05, 4.69) is 136 Å². The number of fused-ring (bicyclic) bond motifs is 16. The molecule has 1 aliphatic heterocycles. The van der Waals surface area contributed by atoms with Crippen LogP contribution in [0, 0.1) is 0 Å². The molecule has 0 bridgehead atoms. The smallest absolute Gasteiger partial charge is 0.332 e. The molecule has 5 heterocycles. The maximum atomic E-state index is 6.74. The summed E-state index contributed by atoms with van der Waals surface area (Å²) in [4.78, 5) is 0. The highest BCUT2D eigenvalue weighted by Gasteiger charge is 2.37. The average molecular weight is 598 g/mol. The van der Waals surface area contributed by atoms with Crippen molar-refractivity contribution in [3.05, 3.63) is 140 Å². The number of para-hydroxylation sites is 5. The Balaban J connectivity index is 1.29. The third-order valence-corrected chi connectivity index (χ3v) is 10.6. The van der Waals surface area contributed by atoms with Gasteiger partial charge in [0.2, 0.25) is 0 Å². The van der Waals surface area contributed by atoms with Gasteiger partial charge < -0.3 is 17.9 Å². The van der Waals surface area contributed by atoms with E-state index >= 15 is 0 Å². The van der Waals surface area contributed by atoms with Gasteiger partial charge in [-0.1, -0.05) is 97.1 Å². The first-order valence-electron chi connectivity index (χ1n) is 16.1. The lowest BCUT2D eigenvalue weighted by Crippen LogP contribution is -2.53. The van der Waals surface area contributed by atoms with E-state index in [1.54, 1.807) is 0 Å². The molecule has 11 aromatic rings. The molecule has 216 valence electrons. The molecule has 7 aromatic carbocycles. The van der Waals surface area contributed by atoms with Crippen molar-refractivity contribution in [2.24, 2.45) is 0 Å². The van der Waals surface area contributed by atoms with Gasteiger partial charge in [0.25, 0.3) is 0 Å². The Morgan fingerprint density at radius 3 is 1.87 bits per heavy atom. The summed E-state index contributed by atoms with van der Waals surface area (Å²) in [5, 5.41) is 9.37. The lowest BCUT2D eigenvalue weighted by molar-refractivity contribution is 0.671. The van der Waals surface area contributed by atoms with Gasteiger partial charge in [0, 0.05) is 48.9 Å². The second-order valence-corrected chi connectivity index (χ2v) is 12.8. The molecule has 5 heteroatoms. The second-order valence-electron chi connectivity index (χ2n) is 12.8. The molecule has 0 radical (unpaired) electrons. The monoisotopic (exact) mass is 598 g/mol. The summed E-state index contributed by atoms with van der Waals surface area (Å²) < 4.78 is 18.4. The molecule has 0 amide bonds. The summed E-state index contributed by atoms with van der Waals surface area (Å²) in [6.07, 6.45) is 0. The van der Waals surface area contributed by atoms with Crippen LogP contribution in [0.4, 0.5) is 0 Å². The standard InChI is InChI=1S/C42H23BN2O2/c1-5-16-33-24(10-1)27-20-21-29-26-12-3-8-19-37(26)47-42(29)40(27)45(33)43-31-14-4-6-17-34(31)44-35-23-22-28-25-11-2-7-18-36(25)46-41(28)38(35)30-13-9-15-32(43)39(30)44/h1-23H. The maximum Gasteiger partial charge on any atom is 0.332 e. The summed E-state index contributed by atoms with van der Waals surface area (Å²) in [5.41, 5.74) is 12.1. The SMILES string of the molecule is c1ccc2c(c1)B(n1c3ccccc3c3ccc4c5ccccc5oc4c31)c1cccc3c4c5oc6ccccc6c5ccc4n-2c13. The van der Waals surface area contributed by atoms with Crippen LogP contribution in [0.3, 0.4) is 0 Å². The molecule has 0 N–H and O–H groups in total. The average Bonchev–Trinajstić information content (AvgIpc) is 3.87. The molecule has 0 unspecified atom stereocenters. The molecule has 4 aromatic heterocycles. The zero-order chi connectivity index (χ0) is 30.4. The molecule has 12 rings (SSSR count). The van der Waals surface area contributed by atoms with E-state index in [0.717, 1.165) is 60.3 Å². The van der Waals surface area contributed by atoms with E-state index in [1.807, 2.05) is 12.1 Å². The molecule has 4 nitrogen and oxygen atoms in total. The number of hydrogen-bond acceptors (Lipinski definition) is 2. The van der Waals surface area contributed by atoms with Crippen LogP contribution in [0.25, 0.3) is 93.2 Å². The van der Waals surface area contributed by atoms with Crippen LogP contribution in [0.1, 0.15) is 0 Å². The molecule has 0 atom stereocenters. The van der Waals surface area contributed by atoms with Crippen LogP contribution in [-0.4, -0.2) is 15.9 Å². The van der Waals surface area contributed by atoms with Gasteiger partial charge in [-0.05, 0) is 53.4 Å². The summed E-state index contributed by atoms with van der Waals surface area (Å²) in [6, 6.07) is 50.2. The number of nitrogens with zero attached hydrogens (tertiary/aromatic N) is 2. The van der Waals surface area contributed by atoms with Crippen molar-refractivity contribution in [1.82, 2.24) is 9.05 Å². The quantitative estimate of drug-likeness (QED) is 0.177. The van der Waals surface area contributed by atoms with Crippen molar-refractivity contribution >= 4 is 105 Å². The van der Waals surface area contributed by atoms with Gasteiger partial charge in [0.05, 0.1) is 21.9 Å². The van der Waals surface area contributed by atoms with Crippen LogP contribution in [0.2, 0.25) is 0 Å². The van der Waals surface area contributed by atoms with E-state index in [4.69, 9.17) is 8.83 Å². The molecule has 47 heavy (non-hydrogen) atoms. The fourth-order valence-electron chi connectivity index (χ4n) is 8.73. The minimum Gasteiger partial charge on any atom is -0.455 e. The van der Waals surface area contributed by atoms with E-state index in [1.165, 1.54) is 43.8 Å². The number of hydrogen-bond donors (Lipinski definition) is 0. The van der Waals surface area contributed by atoms with E-state index in [0.29, 0.717) is 0 Å². The summed E-state index contributed by atoms with van der Waals surface area (Å²) >= 11 is 0. The molecule has 0 aliphatic carbocycles. The van der Waals surface area contributed by atoms with Crippen LogP contribution < -0.4 is 10.9 Å². The van der Waals surface area contributed by atoms with E-state index < -0.39 is 0 Å². The van der Waals surface area contributed by atoms with Crippen LogP contribution in [0.15, 0.2) is 148 Å². The Morgan fingerprint density at radius 2 is 1.02 bits per heavy atom. The zero-order valence-corrected chi connectivity index (χ0v) is 25.1. The number of aromatic nitrogens is 2. The Bertz CT molecular complexity index is 3150. The lowest BCUT2D eigenvalue weighted by Gasteiger charge is -2.28. The Labute approximate surface area is 267 Å². The number of rotatable bonds is 1. The van der Waals surface area contributed by atoms with Crippen LogP contribution >= 0.6 is 0 Å². The predicted octanol–water partition coefficient (Wildman–Crippen LogP) is 9.66. The molecular formula is C42H23BN2O2. The van der Waals surface area contributed by atoms with Crippen molar-refractivity contribution < 1.29 is 8.83 Å². The number of furan rings is 2. The summed E-state index contributed by atoms with van der Waals surface area (Å²) in [5.74, 6) is 0. The maximum absolute atomic E-state index is 6.74. The summed E-state index contributed by atoms with van der Waals surface area (Å²) in [6.45, 7) is -0.0842. The Hall–Kier alpha value is -6.20. The highest BCUT2D eigenvalue weighted by Crippen LogP contribution is 2.43. The summed E-state index contributed by atoms with van der Waals surface area (Å²) in [7, 11) is 0. The minimum atomic E-state index is -0.0842.